The van der Waals surface area contributed by atoms with Crippen molar-refractivity contribution in [1.82, 2.24) is 15.3 Å². The van der Waals surface area contributed by atoms with Crippen LogP contribution in [0.3, 0.4) is 0 Å². The zero-order valence-electron chi connectivity index (χ0n) is 15.0. The number of hydrogen-bond acceptors (Lipinski definition) is 5. The summed E-state index contributed by atoms with van der Waals surface area (Å²) < 4.78 is 5.43. The molecule has 0 spiro atoms. The number of benzene rings is 1. The van der Waals surface area contributed by atoms with Gasteiger partial charge in [-0.2, -0.15) is 0 Å². The number of carbonyl (C=O) groups excluding carboxylic acids is 1. The third-order valence-electron chi connectivity index (χ3n) is 3.69. The summed E-state index contributed by atoms with van der Waals surface area (Å²) >= 11 is 1.48. The molecule has 1 amide bonds. The lowest BCUT2D eigenvalue weighted by atomic mass is 10.1. The number of nitrogens with one attached hydrogen (secondary N) is 1. The van der Waals surface area contributed by atoms with E-state index in [9.17, 15) is 4.79 Å². The van der Waals surface area contributed by atoms with Crippen molar-refractivity contribution in [1.29, 1.82) is 0 Å². The normalized spacial score (nSPS) is 10.5. The van der Waals surface area contributed by atoms with Crippen LogP contribution in [0.25, 0.3) is 0 Å². The van der Waals surface area contributed by atoms with Gasteiger partial charge in [0.25, 0.3) is 5.91 Å². The Morgan fingerprint density at radius 3 is 2.60 bits per heavy atom. The van der Waals surface area contributed by atoms with Gasteiger partial charge >= 0.3 is 0 Å². The molecule has 0 radical (unpaired) electrons. The van der Waals surface area contributed by atoms with Crippen LogP contribution in [0.15, 0.2) is 35.6 Å². The molecular formula is C19H25N3O2S. The Morgan fingerprint density at radius 2 is 1.96 bits per heavy atom. The predicted octanol–water partition coefficient (Wildman–Crippen LogP) is 3.52. The molecular weight excluding hydrogens is 334 g/mol. The van der Waals surface area contributed by atoms with Crippen molar-refractivity contribution in [3.05, 3.63) is 47.3 Å². The van der Waals surface area contributed by atoms with Gasteiger partial charge in [0, 0.05) is 12.7 Å². The second-order valence-corrected chi connectivity index (χ2v) is 6.32. The molecule has 1 heterocycles. The summed E-state index contributed by atoms with van der Waals surface area (Å²) in [5, 5.41) is 3.67. The Labute approximate surface area is 153 Å². The minimum absolute atomic E-state index is 0.109. The molecule has 5 nitrogen and oxygen atoms in total. The fourth-order valence-corrected chi connectivity index (χ4v) is 2.81. The zero-order chi connectivity index (χ0) is 18.1. The molecule has 0 bridgehead atoms. The molecule has 0 saturated carbocycles. The van der Waals surface area contributed by atoms with E-state index in [2.05, 4.69) is 22.2 Å². The maximum absolute atomic E-state index is 12.5. The van der Waals surface area contributed by atoms with Crippen LogP contribution in [0.4, 0.5) is 0 Å². The van der Waals surface area contributed by atoms with E-state index in [1.807, 2.05) is 37.4 Å². The molecule has 1 aromatic carbocycles. The molecule has 0 aliphatic heterocycles. The maximum atomic E-state index is 12.5. The molecule has 0 saturated heterocycles. The van der Waals surface area contributed by atoms with E-state index in [1.54, 1.807) is 6.20 Å². The number of hydrogen-bond donors (Lipinski definition) is 1. The van der Waals surface area contributed by atoms with Gasteiger partial charge < -0.3 is 10.1 Å². The molecule has 25 heavy (non-hydrogen) atoms. The first-order chi connectivity index (χ1) is 12.2. The van der Waals surface area contributed by atoms with E-state index < -0.39 is 0 Å². The van der Waals surface area contributed by atoms with Gasteiger partial charge in [-0.3, -0.25) is 4.79 Å². The number of aromatic nitrogens is 2. The highest BCUT2D eigenvalue weighted by Crippen LogP contribution is 2.14. The lowest BCUT2D eigenvalue weighted by Crippen LogP contribution is -2.27. The van der Waals surface area contributed by atoms with Crippen LogP contribution in [0.5, 0.6) is 5.75 Å². The summed E-state index contributed by atoms with van der Waals surface area (Å²) in [4.78, 5) is 21.2. The van der Waals surface area contributed by atoms with E-state index in [0.717, 1.165) is 36.3 Å². The number of nitrogens with zero attached hydrogens (tertiary/aromatic N) is 2. The first-order valence-electron chi connectivity index (χ1n) is 8.57. The van der Waals surface area contributed by atoms with Crippen molar-refractivity contribution in [3.8, 4) is 5.75 Å². The van der Waals surface area contributed by atoms with Crippen LogP contribution in [0.1, 0.15) is 41.9 Å². The highest BCUT2D eigenvalue weighted by Gasteiger charge is 2.13. The monoisotopic (exact) mass is 359 g/mol. The first kappa shape index (κ1) is 19.2. The van der Waals surface area contributed by atoms with Gasteiger partial charge in [-0.15, -0.1) is 0 Å². The standard InChI is InChI=1S/C19H25N3O2S/c1-4-6-17-16(13-21-19(22-17)25-3)18(23)20-12-11-14-7-9-15(10-8-14)24-5-2/h7-10,13H,4-6,11-12H2,1-3H3,(H,20,23). The van der Waals surface area contributed by atoms with Gasteiger partial charge in [0.15, 0.2) is 5.16 Å². The molecule has 2 rings (SSSR count). The molecule has 0 fully saturated rings. The molecule has 134 valence electrons. The third kappa shape index (κ3) is 5.74. The van der Waals surface area contributed by atoms with Crippen molar-refractivity contribution in [2.45, 2.75) is 38.3 Å². The van der Waals surface area contributed by atoms with Crippen LogP contribution in [0.2, 0.25) is 0 Å². The zero-order valence-corrected chi connectivity index (χ0v) is 15.9. The van der Waals surface area contributed by atoms with Crippen molar-refractivity contribution in [2.75, 3.05) is 19.4 Å². The molecule has 0 unspecified atom stereocenters. The van der Waals surface area contributed by atoms with Gasteiger partial charge in [-0.25, -0.2) is 9.97 Å². The van der Waals surface area contributed by atoms with Crippen LogP contribution >= 0.6 is 11.8 Å². The minimum atomic E-state index is -0.109. The number of ether oxygens (including phenoxy) is 1. The molecule has 0 atom stereocenters. The van der Waals surface area contributed by atoms with Gasteiger partial charge in [-0.05, 0) is 43.7 Å². The van der Waals surface area contributed by atoms with Gasteiger partial charge in [0.1, 0.15) is 5.75 Å². The van der Waals surface area contributed by atoms with Crippen LogP contribution in [0, 0.1) is 0 Å². The summed E-state index contributed by atoms with van der Waals surface area (Å²) in [5.74, 6) is 0.757. The largest absolute Gasteiger partial charge is 0.494 e. The van der Waals surface area contributed by atoms with Crippen molar-refractivity contribution < 1.29 is 9.53 Å². The number of carbonyl (C=O) groups is 1. The third-order valence-corrected chi connectivity index (χ3v) is 4.26. The lowest BCUT2D eigenvalue weighted by molar-refractivity contribution is 0.0952. The number of thioether (sulfide) groups is 1. The summed E-state index contributed by atoms with van der Waals surface area (Å²) in [7, 11) is 0. The van der Waals surface area contributed by atoms with E-state index in [0.29, 0.717) is 23.9 Å². The number of aryl methyl sites for hydroxylation is 1. The fraction of sp³-hybridized carbons (Fsp3) is 0.421. The number of rotatable bonds is 9. The molecule has 1 N–H and O–H groups in total. The smallest absolute Gasteiger partial charge is 0.254 e. The highest BCUT2D eigenvalue weighted by atomic mass is 32.2. The average molecular weight is 359 g/mol. The summed E-state index contributed by atoms with van der Waals surface area (Å²) in [6.45, 7) is 5.27. The summed E-state index contributed by atoms with van der Waals surface area (Å²) in [6, 6.07) is 7.95. The molecule has 0 aliphatic carbocycles. The van der Waals surface area contributed by atoms with Crippen LogP contribution in [-0.4, -0.2) is 35.3 Å². The van der Waals surface area contributed by atoms with Gasteiger partial charge in [-0.1, -0.05) is 37.2 Å². The van der Waals surface area contributed by atoms with Gasteiger partial charge in [0.05, 0.1) is 17.9 Å². The maximum Gasteiger partial charge on any atom is 0.254 e. The Balaban J connectivity index is 1.93. The number of amides is 1. The highest BCUT2D eigenvalue weighted by molar-refractivity contribution is 7.98. The fourth-order valence-electron chi connectivity index (χ4n) is 2.45. The van der Waals surface area contributed by atoms with Crippen LogP contribution < -0.4 is 10.1 Å². The Morgan fingerprint density at radius 1 is 1.20 bits per heavy atom. The Bertz CT molecular complexity index is 690. The second kappa shape index (κ2) is 10.0. The first-order valence-corrected chi connectivity index (χ1v) is 9.80. The second-order valence-electron chi connectivity index (χ2n) is 5.55. The molecule has 1 aromatic heterocycles. The van der Waals surface area contributed by atoms with E-state index in [4.69, 9.17) is 4.74 Å². The van der Waals surface area contributed by atoms with E-state index >= 15 is 0 Å². The molecule has 0 aliphatic rings. The minimum Gasteiger partial charge on any atom is -0.494 e. The quantitative estimate of drug-likeness (QED) is 0.548. The Hall–Kier alpha value is -2.08. The van der Waals surface area contributed by atoms with Crippen molar-refractivity contribution in [2.24, 2.45) is 0 Å². The lowest BCUT2D eigenvalue weighted by Gasteiger charge is -2.10. The molecule has 6 heteroatoms. The SMILES string of the molecule is CCCc1nc(SC)ncc1C(=O)NCCc1ccc(OCC)cc1. The topological polar surface area (TPSA) is 64.1 Å². The van der Waals surface area contributed by atoms with Gasteiger partial charge in [0.2, 0.25) is 0 Å². The van der Waals surface area contributed by atoms with Crippen molar-refractivity contribution >= 4 is 17.7 Å². The van der Waals surface area contributed by atoms with Crippen molar-refractivity contribution in [3.63, 3.8) is 0 Å². The predicted molar refractivity (Wildman–Crippen MR) is 101 cm³/mol. The summed E-state index contributed by atoms with van der Waals surface area (Å²) in [5.41, 5.74) is 2.55. The average Bonchev–Trinajstić information content (AvgIpc) is 2.63. The summed E-state index contributed by atoms with van der Waals surface area (Å²) in [6.07, 6.45) is 6.05. The van der Waals surface area contributed by atoms with E-state index in [-0.39, 0.29) is 5.91 Å². The van der Waals surface area contributed by atoms with E-state index in [1.165, 1.54) is 11.8 Å². The molecule has 2 aromatic rings. The van der Waals surface area contributed by atoms with Crippen LogP contribution in [-0.2, 0) is 12.8 Å². The Kier molecular flexibility index (Phi) is 7.73.